The number of carbonyl (C=O) groups is 4. The van der Waals surface area contributed by atoms with E-state index in [4.69, 9.17) is 4.74 Å². The largest absolute Gasteiger partial charge is 0.491 e. The van der Waals surface area contributed by atoms with Gasteiger partial charge in [0, 0.05) is 18.0 Å². The van der Waals surface area contributed by atoms with Gasteiger partial charge in [0.25, 0.3) is 11.8 Å². The van der Waals surface area contributed by atoms with Crippen LogP contribution < -0.4 is 10.2 Å². The Labute approximate surface area is 274 Å². The lowest BCUT2D eigenvalue weighted by molar-refractivity contribution is -0.141. The molecule has 3 fully saturated rings. The highest BCUT2D eigenvalue weighted by Gasteiger charge is 2.70. The van der Waals surface area contributed by atoms with Crippen LogP contribution in [-0.4, -0.2) is 58.4 Å². The van der Waals surface area contributed by atoms with Gasteiger partial charge in [0.2, 0.25) is 11.8 Å². The number of aliphatic hydroxyl groups is 1. The Balaban J connectivity index is 1.45. The van der Waals surface area contributed by atoms with Crippen LogP contribution in [0, 0.1) is 30.6 Å². The maximum atomic E-state index is 15.2. The first kappa shape index (κ1) is 30.9. The number of aliphatic hydroxyl groups excluding tert-OH is 1. The average Bonchev–Trinajstić information content (AvgIpc) is 3.46. The first-order chi connectivity index (χ1) is 22.8. The average molecular weight is 634 g/mol. The van der Waals surface area contributed by atoms with Crippen LogP contribution in [0.2, 0.25) is 0 Å². The van der Waals surface area contributed by atoms with E-state index in [9.17, 15) is 19.5 Å². The lowest BCUT2D eigenvalue weighted by Crippen LogP contribution is -2.53. The number of benzene rings is 3. The maximum absolute atomic E-state index is 15.2. The van der Waals surface area contributed by atoms with Gasteiger partial charge in [-0.2, -0.15) is 5.01 Å². The second-order valence-electron chi connectivity index (χ2n) is 13.0. The molecule has 2 heterocycles. The van der Waals surface area contributed by atoms with E-state index in [-0.39, 0.29) is 43.3 Å². The second-order valence-corrected chi connectivity index (χ2v) is 13.0. The number of amides is 4. The molecular formula is C38H39N3O6. The minimum Gasteiger partial charge on any atom is -0.491 e. The second kappa shape index (κ2) is 12.1. The Morgan fingerprint density at radius 2 is 1.62 bits per heavy atom. The number of hydrogen-bond donors (Lipinski definition) is 2. The van der Waals surface area contributed by atoms with E-state index in [1.54, 1.807) is 0 Å². The Bertz CT molecular complexity index is 1750. The zero-order valence-electron chi connectivity index (χ0n) is 26.6. The van der Waals surface area contributed by atoms with Crippen LogP contribution in [-0.2, 0) is 24.6 Å². The standard InChI is InChI=1S/C38H39N3O6/c1-3-19-40-34(43)28-18-17-26-29(32(28)36(40)45)22-30-35(44)41(39-25-15-13-23(2)14-16-25)37(46)38(30,24-9-5-4-6-10-24)33(26)27-11-7-8-12-31(27)47-21-20-42/h4-17,28-30,32-33,39,42H,3,18-22H2,1-2H3/t28-,29+,30-,32-,33+,38+/m0/s1. The van der Waals surface area contributed by atoms with Crippen LogP contribution in [0.3, 0.4) is 0 Å². The number of ether oxygens (including phenoxy) is 1. The number of para-hydroxylation sites is 1. The van der Waals surface area contributed by atoms with Gasteiger partial charge in [-0.15, -0.1) is 0 Å². The van der Waals surface area contributed by atoms with Crippen molar-refractivity contribution in [2.75, 3.05) is 25.2 Å². The van der Waals surface area contributed by atoms with Gasteiger partial charge in [0.05, 0.1) is 35.5 Å². The molecule has 7 rings (SSSR count). The molecule has 0 bridgehead atoms. The molecule has 2 aliphatic carbocycles. The van der Waals surface area contributed by atoms with Crippen molar-refractivity contribution in [1.82, 2.24) is 9.91 Å². The van der Waals surface area contributed by atoms with Crippen molar-refractivity contribution < 1.29 is 29.0 Å². The van der Waals surface area contributed by atoms with Gasteiger partial charge in [-0.1, -0.05) is 84.8 Å². The van der Waals surface area contributed by atoms with Crippen molar-refractivity contribution in [2.45, 2.75) is 44.4 Å². The monoisotopic (exact) mass is 633 g/mol. The van der Waals surface area contributed by atoms with E-state index in [0.717, 1.165) is 16.1 Å². The Hall–Kier alpha value is -4.76. The fourth-order valence-electron chi connectivity index (χ4n) is 8.61. The van der Waals surface area contributed by atoms with Crippen LogP contribution in [0.4, 0.5) is 5.69 Å². The van der Waals surface area contributed by atoms with E-state index in [0.29, 0.717) is 42.0 Å². The molecule has 242 valence electrons. The number of carbonyl (C=O) groups excluding carboxylic acids is 4. The van der Waals surface area contributed by atoms with Crippen molar-refractivity contribution in [3.05, 3.63) is 107 Å². The summed E-state index contributed by atoms with van der Waals surface area (Å²) in [4.78, 5) is 58.9. The molecule has 4 amide bonds. The van der Waals surface area contributed by atoms with Gasteiger partial charge in [-0.05, 0) is 55.9 Å². The summed E-state index contributed by atoms with van der Waals surface area (Å²) in [6.07, 6.45) is 3.33. The van der Waals surface area contributed by atoms with Gasteiger partial charge in [-0.25, -0.2) is 0 Å². The van der Waals surface area contributed by atoms with E-state index >= 15 is 4.79 Å². The fraction of sp³-hybridized carbons (Fsp3) is 0.368. The Kier molecular flexibility index (Phi) is 7.96. The van der Waals surface area contributed by atoms with Gasteiger partial charge in [-0.3, -0.25) is 29.5 Å². The van der Waals surface area contributed by atoms with Crippen molar-refractivity contribution in [3.8, 4) is 5.75 Å². The van der Waals surface area contributed by atoms with Crippen molar-refractivity contribution in [1.29, 1.82) is 0 Å². The van der Waals surface area contributed by atoms with Gasteiger partial charge >= 0.3 is 0 Å². The van der Waals surface area contributed by atoms with Gasteiger partial charge in [0.1, 0.15) is 12.4 Å². The molecule has 3 aromatic carbocycles. The summed E-state index contributed by atoms with van der Waals surface area (Å²) in [7, 11) is 0. The quantitative estimate of drug-likeness (QED) is 0.258. The molecular weight excluding hydrogens is 594 g/mol. The number of likely N-dealkylation sites (tertiary alicyclic amines) is 1. The summed E-state index contributed by atoms with van der Waals surface area (Å²) in [5.41, 5.74) is 5.67. The number of fused-ring (bicyclic) bond motifs is 4. The molecule has 0 unspecified atom stereocenters. The number of imide groups is 2. The molecule has 3 aromatic rings. The topological polar surface area (TPSA) is 116 Å². The molecule has 2 aliphatic heterocycles. The molecule has 9 nitrogen and oxygen atoms in total. The number of allylic oxidation sites excluding steroid dienone is 2. The van der Waals surface area contributed by atoms with Gasteiger partial charge < -0.3 is 9.84 Å². The predicted molar refractivity (Wildman–Crippen MR) is 175 cm³/mol. The van der Waals surface area contributed by atoms with E-state index in [1.165, 1.54) is 4.90 Å². The fourth-order valence-corrected chi connectivity index (χ4v) is 8.61. The zero-order chi connectivity index (χ0) is 32.9. The summed E-state index contributed by atoms with van der Waals surface area (Å²) in [6, 6.07) is 24.4. The highest BCUT2D eigenvalue weighted by atomic mass is 16.5. The van der Waals surface area contributed by atoms with Crippen molar-refractivity contribution >= 4 is 29.3 Å². The Morgan fingerprint density at radius 3 is 2.34 bits per heavy atom. The lowest BCUT2D eigenvalue weighted by atomic mass is 9.49. The van der Waals surface area contributed by atoms with Gasteiger partial charge in [0.15, 0.2) is 0 Å². The minimum absolute atomic E-state index is 0.0472. The zero-order valence-corrected chi connectivity index (χ0v) is 26.6. The first-order valence-corrected chi connectivity index (χ1v) is 16.5. The number of aryl methyl sites for hydroxylation is 1. The molecule has 0 aromatic heterocycles. The van der Waals surface area contributed by atoms with Crippen LogP contribution in [0.5, 0.6) is 5.75 Å². The molecule has 47 heavy (non-hydrogen) atoms. The molecule has 0 radical (unpaired) electrons. The number of hydrazine groups is 1. The van der Waals surface area contributed by atoms with Crippen molar-refractivity contribution in [3.63, 3.8) is 0 Å². The van der Waals surface area contributed by atoms with E-state index < -0.39 is 35.0 Å². The highest BCUT2D eigenvalue weighted by Crippen LogP contribution is 2.64. The van der Waals surface area contributed by atoms with E-state index in [1.807, 2.05) is 92.7 Å². The first-order valence-electron chi connectivity index (χ1n) is 16.5. The number of anilines is 1. The Morgan fingerprint density at radius 1 is 0.894 bits per heavy atom. The van der Waals surface area contributed by atoms with Crippen LogP contribution in [0.15, 0.2) is 90.5 Å². The van der Waals surface area contributed by atoms with Crippen LogP contribution in [0.25, 0.3) is 0 Å². The molecule has 6 atom stereocenters. The molecule has 4 aliphatic rings. The highest BCUT2D eigenvalue weighted by molar-refractivity contribution is 6.13. The summed E-state index contributed by atoms with van der Waals surface area (Å²) in [6.45, 7) is 4.12. The summed E-state index contributed by atoms with van der Waals surface area (Å²) >= 11 is 0. The molecule has 2 N–H and O–H groups in total. The van der Waals surface area contributed by atoms with E-state index in [2.05, 4.69) is 11.5 Å². The SMILES string of the molecule is CCCN1C(=O)[C@H]2[C@H](CC=C3[C@H]2C[C@H]2C(=O)N(Nc4ccc(C)cc4)C(=O)[C@@]2(c2ccccc2)[C@H]3c2ccccc2OCCO)C1=O. The number of hydrogen-bond acceptors (Lipinski definition) is 7. The van der Waals surface area contributed by atoms with Crippen LogP contribution in [0.1, 0.15) is 48.8 Å². The van der Waals surface area contributed by atoms with Crippen molar-refractivity contribution in [2.24, 2.45) is 23.7 Å². The molecule has 9 heteroatoms. The lowest BCUT2D eigenvalue weighted by Gasteiger charge is -2.50. The number of nitrogens with zero attached hydrogens (tertiary/aromatic N) is 2. The summed E-state index contributed by atoms with van der Waals surface area (Å²) in [5.74, 6) is -3.68. The summed E-state index contributed by atoms with van der Waals surface area (Å²) in [5, 5.41) is 10.8. The molecule has 0 spiro atoms. The van der Waals surface area contributed by atoms with Crippen LogP contribution >= 0.6 is 0 Å². The summed E-state index contributed by atoms with van der Waals surface area (Å²) < 4.78 is 6.09. The smallest absolute Gasteiger partial charge is 0.260 e. The maximum Gasteiger partial charge on any atom is 0.260 e. The molecule has 1 saturated carbocycles. The third-order valence-corrected chi connectivity index (χ3v) is 10.5. The number of nitrogens with one attached hydrogen (secondary N) is 1. The number of rotatable bonds is 9. The third kappa shape index (κ3) is 4.70. The predicted octanol–water partition coefficient (Wildman–Crippen LogP) is 4.76. The minimum atomic E-state index is -1.38. The third-order valence-electron chi connectivity index (χ3n) is 10.5. The molecule has 2 saturated heterocycles. The normalized spacial score (nSPS) is 28.1.